The highest BCUT2D eigenvalue weighted by Gasteiger charge is 2.22. The fourth-order valence-corrected chi connectivity index (χ4v) is 1.23. The van der Waals surface area contributed by atoms with Crippen LogP contribution >= 0.6 is 0 Å². The van der Waals surface area contributed by atoms with E-state index in [1.165, 1.54) is 6.33 Å². The summed E-state index contributed by atoms with van der Waals surface area (Å²) >= 11 is 0. The zero-order valence-electron chi connectivity index (χ0n) is 8.44. The molecule has 0 spiro atoms. The van der Waals surface area contributed by atoms with Crippen molar-refractivity contribution in [2.45, 2.75) is 25.3 Å². The smallest absolute Gasteiger partial charge is 0.221 e. The number of nitrogens with one attached hydrogen (secondary N) is 2. The number of rotatable bonds is 5. The molecule has 1 heterocycles. The summed E-state index contributed by atoms with van der Waals surface area (Å²) in [5.74, 6) is 0.864. The SMILES string of the molecule is O=C(CCNc1ccncn1)NC1CC1. The third-order valence-corrected chi connectivity index (χ3v) is 2.18. The Bertz CT molecular complexity index is 323. The van der Waals surface area contributed by atoms with Crippen LogP contribution in [-0.2, 0) is 4.79 Å². The first-order valence-electron chi connectivity index (χ1n) is 5.14. The Labute approximate surface area is 88.3 Å². The topological polar surface area (TPSA) is 66.9 Å². The van der Waals surface area contributed by atoms with Crippen LogP contribution in [0.15, 0.2) is 18.6 Å². The van der Waals surface area contributed by atoms with Gasteiger partial charge in [0.15, 0.2) is 0 Å². The minimum absolute atomic E-state index is 0.110. The van der Waals surface area contributed by atoms with Crippen LogP contribution < -0.4 is 10.6 Å². The van der Waals surface area contributed by atoms with Crippen LogP contribution in [0, 0.1) is 0 Å². The molecule has 15 heavy (non-hydrogen) atoms. The first kappa shape index (κ1) is 9.89. The second kappa shape index (κ2) is 4.72. The molecule has 5 nitrogen and oxygen atoms in total. The normalized spacial score (nSPS) is 14.7. The van der Waals surface area contributed by atoms with E-state index in [9.17, 15) is 4.79 Å². The minimum Gasteiger partial charge on any atom is -0.369 e. The molecule has 1 fully saturated rings. The molecule has 0 bridgehead atoms. The van der Waals surface area contributed by atoms with Gasteiger partial charge in [0.2, 0.25) is 5.91 Å². The van der Waals surface area contributed by atoms with E-state index in [1.54, 1.807) is 12.3 Å². The monoisotopic (exact) mass is 206 g/mol. The van der Waals surface area contributed by atoms with E-state index in [0.717, 1.165) is 18.7 Å². The summed E-state index contributed by atoms with van der Waals surface area (Å²) in [5, 5.41) is 5.99. The third kappa shape index (κ3) is 3.53. The number of amides is 1. The molecule has 2 N–H and O–H groups in total. The van der Waals surface area contributed by atoms with Gasteiger partial charge in [-0.25, -0.2) is 9.97 Å². The van der Waals surface area contributed by atoms with Gasteiger partial charge in [-0.05, 0) is 18.9 Å². The van der Waals surface area contributed by atoms with Gasteiger partial charge in [-0.3, -0.25) is 4.79 Å². The summed E-state index contributed by atoms with van der Waals surface area (Å²) in [6.07, 6.45) is 5.89. The lowest BCUT2D eigenvalue weighted by Crippen LogP contribution is -2.27. The molecule has 1 aromatic heterocycles. The Morgan fingerprint density at radius 1 is 1.53 bits per heavy atom. The van der Waals surface area contributed by atoms with Gasteiger partial charge in [-0.1, -0.05) is 0 Å². The van der Waals surface area contributed by atoms with Crippen molar-refractivity contribution in [2.75, 3.05) is 11.9 Å². The second-order valence-corrected chi connectivity index (χ2v) is 3.61. The van der Waals surface area contributed by atoms with Crippen molar-refractivity contribution in [3.63, 3.8) is 0 Å². The number of anilines is 1. The Morgan fingerprint density at radius 2 is 2.40 bits per heavy atom. The van der Waals surface area contributed by atoms with Gasteiger partial charge in [-0.2, -0.15) is 0 Å². The van der Waals surface area contributed by atoms with Crippen molar-refractivity contribution in [1.29, 1.82) is 0 Å². The largest absolute Gasteiger partial charge is 0.369 e. The standard InChI is InChI=1S/C10H14N4O/c15-10(14-8-1-2-8)4-6-12-9-3-5-11-7-13-9/h3,5,7-8H,1-2,4,6H2,(H,14,15)(H,11,12,13). The van der Waals surface area contributed by atoms with Gasteiger partial charge < -0.3 is 10.6 Å². The molecule has 2 rings (SSSR count). The summed E-state index contributed by atoms with van der Waals surface area (Å²) in [4.78, 5) is 19.1. The van der Waals surface area contributed by atoms with E-state index in [4.69, 9.17) is 0 Å². The highest BCUT2D eigenvalue weighted by molar-refractivity contribution is 5.77. The average molecular weight is 206 g/mol. The first-order chi connectivity index (χ1) is 7.34. The van der Waals surface area contributed by atoms with Crippen LogP contribution in [-0.4, -0.2) is 28.5 Å². The lowest BCUT2D eigenvalue weighted by Gasteiger charge is -2.05. The van der Waals surface area contributed by atoms with Gasteiger partial charge in [0, 0.05) is 25.2 Å². The zero-order valence-corrected chi connectivity index (χ0v) is 8.44. The van der Waals surface area contributed by atoms with Crippen molar-refractivity contribution in [3.8, 4) is 0 Å². The third-order valence-electron chi connectivity index (χ3n) is 2.18. The molecular formula is C10H14N4O. The molecule has 0 atom stereocenters. The van der Waals surface area contributed by atoms with E-state index in [0.29, 0.717) is 19.0 Å². The van der Waals surface area contributed by atoms with Gasteiger partial charge in [-0.15, -0.1) is 0 Å². The summed E-state index contributed by atoms with van der Waals surface area (Å²) in [6.45, 7) is 0.607. The van der Waals surface area contributed by atoms with Crippen molar-refractivity contribution in [1.82, 2.24) is 15.3 Å². The van der Waals surface area contributed by atoms with Crippen LogP contribution in [0.1, 0.15) is 19.3 Å². The summed E-state index contributed by atoms with van der Waals surface area (Å²) in [5.41, 5.74) is 0. The molecule has 1 amide bonds. The molecule has 1 aliphatic rings. The molecular weight excluding hydrogens is 192 g/mol. The lowest BCUT2D eigenvalue weighted by atomic mass is 10.4. The van der Waals surface area contributed by atoms with Crippen LogP contribution in [0.3, 0.4) is 0 Å². The number of carbonyl (C=O) groups excluding carboxylic acids is 1. The van der Waals surface area contributed by atoms with E-state index in [1.807, 2.05) is 0 Å². The maximum absolute atomic E-state index is 11.3. The fraction of sp³-hybridized carbons (Fsp3) is 0.500. The lowest BCUT2D eigenvalue weighted by molar-refractivity contribution is -0.120. The van der Waals surface area contributed by atoms with Crippen LogP contribution in [0.5, 0.6) is 0 Å². The van der Waals surface area contributed by atoms with E-state index >= 15 is 0 Å². The zero-order chi connectivity index (χ0) is 10.5. The van der Waals surface area contributed by atoms with Gasteiger partial charge >= 0.3 is 0 Å². The molecule has 1 saturated carbocycles. The van der Waals surface area contributed by atoms with Crippen molar-refractivity contribution in [3.05, 3.63) is 18.6 Å². The molecule has 1 aromatic rings. The average Bonchev–Trinajstić information content (AvgIpc) is 3.03. The van der Waals surface area contributed by atoms with Gasteiger partial charge in [0.25, 0.3) is 0 Å². The predicted molar refractivity (Wildman–Crippen MR) is 56.3 cm³/mol. The fourth-order valence-electron chi connectivity index (χ4n) is 1.23. The molecule has 0 unspecified atom stereocenters. The molecule has 1 aliphatic carbocycles. The summed E-state index contributed by atoms with van der Waals surface area (Å²) in [6, 6.07) is 2.22. The highest BCUT2D eigenvalue weighted by atomic mass is 16.1. The number of nitrogens with zero attached hydrogens (tertiary/aromatic N) is 2. The summed E-state index contributed by atoms with van der Waals surface area (Å²) in [7, 11) is 0. The Hall–Kier alpha value is -1.65. The minimum atomic E-state index is 0.110. The van der Waals surface area contributed by atoms with Crippen LogP contribution in [0.25, 0.3) is 0 Å². The maximum atomic E-state index is 11.3. The van der Waals surface area contributed by atoms with Gasteiger partial charge in [0.05, 0.1) is 0 Å². The van der Waals surface area contributed by atoms with Crippen molar-refractivity contribution in [2.24, 2.45) is 0 Å². The Morgan fingerprint density at radius 3 is 3.07 bits per heavy atom. The maximum Gasteiger partial charge on any atom is 0.221 e. The van der Waals surface area contributed by atoms with Crippen molar-refractivity contribution >= 4 is 11.7 Å². The molecule has 0 aromatic carbocycles. The molecule has 0 radical (unpaired) electrons. The van der Waals surface area contributed by atoms with Crippen molar-refractivity contribution < 1.29 is 4.79 Å². The number of aromatic nitrogens is 2. The van der Waals surface area contributed by atoms with Gasteiger partial charge in [0.1, 0.15) is 12.1 Å². The number of carbonyl (C=O) groups is 1. The van der Waals surface area contributed by atoms with Crippen LogP contribution in [0.2, 0.25) is 0 Å². The second-order valence-electron chi connectivity index (χ2n) is 3.61. The molecule has 0 saturated heterocycles. The van der Waals surface area contributed by atoms with Crippen LogP contribution in [0.4, 0.5) is 5.82 Å². The van der Waals surface area contributed by atoms with E-state index < -0.39 is 0 Å². The number of hydrogen-bond donors (Lipinski definition) is 2. The number of hydrogen-bond acceptors (Lipinski definition) is 4. The molecule has 5 heteroatoms. The highest BCUT2D eigenvalue weighted by Crippen LogP contribution is 2.18. The first-order valence-corrected chi connectivity index (χ1v) is 5.14. The van der Waals surface area contributed by atoms with E-state index in [2.05, 4.69) is 20.6 Å². The Balaban J connectivity index is 1.63. The molecule has 0 aliphatic heterocycles. The molecule has 80 valence electrons. The predicted octanol–water partition coefficient (Wildman–Crippen LogP) is 0.557. The quantitative estimate of drug-likeness (QED) is 0.738. The summed E-state index contributed by atoms with van der Waals surface area (Å²) < 4.78 is 0. The van der Waals surface area contributed by atoms with E-state index in [-0.39, 0.29) is 5.91 Å². The Kier molecular flexibility index (Phi) is 3.11.